The average molecular weight is 691 g/mol. The first-order valence-electron chi connectivity index (χ1n) is 15.7. The number of aromatic nitrogens is 1. The Hall–Kier alpha value is -5.94. The molecule has 4 aromatic carbocycles. The molecule has 0 spiro atoms. The molecule has 6 rings (SSSR count). The van der Waals surface area contributed by atoms with Gasteiger partial charge in [-0.1, -0.05) is 77.6 Å². The summed E-state index contributed by atoms with van der Waals surface area (Å²) in [4.78, 5) is 45.9. The predicted molar refractivity (Wildman–Crippen MR) is 189 cm³/mol. The highest BCUT2D eigenvalue weighted by Gasteiger charge is 2.48. The van der Waals surface area contributed by atoms with Crippen LogP contribution in [0.4, 0.5) is 5.13 Å². The van der Waals surface area contributed by atoms with Crippen LogP contribution in [0, 0.1) is 13.8 Å². The molecule has 10 nitrogen and oxygen atoms in total. The van der Waals surface area contributed by atoms with Gasteiger partial charge in [0.2, 0.25) is 0 Å². The number of rotatable bonds is 11. The fourth-order valence-electron chi connectivity index (χ4n) is 5.65. The number of hydrogen-bond donors (Lipinski definition) is 1. The van der Waals surface area contributed by atoms with E-state index in [2.05, 4.69) is 4.98 Å². The number of methoxy groups -OCH3 is 2. The van der Waals surface area contributed by atoms with Crippen LogP contribution in [0.2, 0.25) is 0 Å². The highest BCUT2D eigenvalue weighted by molar-refractivity contribution is 7.17. The van der Waals surface area contributed by atoms with Crippen LogP contribution < -0.4 is 19.1 Å². The number of Topliss-reactive ketones (excluding diaryl/α,β-unsaturated/α-hetero) is 1. The van der Waals surface area contributed by atoms with Crippen molar-refractivity contribution >= 4 is 39.9 Å². The highest BCUT2D eigenvalue weighted by atomic mass is 32.1. The van der Waals surface area contributed by atoms with E-state index in [-0.39, 0.29) is 27.9 Å². The number of amides is 1. The summed E-state index contributed by atoms with van der Waals surface area (Å²) < 4.78 is 22.6. The zero-order chi connectivity index (χ0) is 35.4. The zero-order valence-corrected chi connectivity index (χ0v) is 28.7. The summed E-state index contributed by atoms with van der Waals surface area (Å²) in [5.41, 5.74) is 4.02. The molecule has 2 heterocycles. The summed E-state index contributed by atoms with van der Waals surface area (Å²) in [6, 6.07) is 28.1. The van der Waals surface area contributed by atoms with Gasteiger partial charge < -0.3 is 24.1 Å². The summed E-state index contributed by atoms with van der Waals surface area (Å²) in [7, 11) is 2.74. The molecule has 1 unspecified atom stereocenters. The number of aliphatic hydroxyl groups is 1. The second-order valence-electron chi connectivity index (χ2n) is 11.6. The van der Waals surface area contributed by atoms with E-state index in [9.17, 15) is 19.5 Å². The molecule has 1 aliphatic heterocycles. The topological polar surface area (TPSA) is 124 Å². The normalized spacial score (nSPS) is 15.2. The molecule has 5 aromatic rings. The van der Waals surface area contributed by atoms with E-state index in [1.165, 1.54) is 19.1 Å². The van der Waals surface area contributed by atoms with Crippen LogP contribution in [0.25, 0.3) is 5.76 Å². The third-order valence-corrected chi connectivity index (χ3v) is 9.30. The van der Waals surface area contributed by atoms with Gasteiger partial charge in [0.25, 0.3) is 5.78 Å². The Kier molecular flexibility index (Phi) is 9.96. The van der Waals surface area contributed by atoms with Crippen LogP contribution >= 0.6 is 11.3 Å². The minimum Gasteiger partial charge on any atom is -0.507 e. The average Bonchev–Trinajstić information content (AvgIpc) is 3.65. The molecule has 0 radical (unpaired) electrons. The van der Waals surface area contributed by atoms with Gasteiger partial charge in [-0.05, 0) is 66.9 Å². The van der Waals surface area contributed by atoms with Gasteiger partial charge in [-0.25, -0.2) is 9.78 Å². The Bertz CT molecular complexity index is 2090. The number of anilines is 1. The highest BCUT2D eigenvalue weighted by Crippen LogP contribution is 2.45. The van der Waals surface area contributed by atoms with Gasteiger partial charge in [0.15, 0.2) is 16.6 Å². The van der Waals surface area contributed by atoms with Gasteiger partial charge in [0.1, 0.15) is 29.6 Å². The van der Waals surface area contributed by atoms with Crippen molar-refractivity contribution in [3.05, 3.63) is 141 Å². The second-order valence-corrected chi connectivity index (χ2v) is 12.5. The minimum atomic E-state index is -1.12. The maximum absolute atomic E-state index is 13.8. The Morgan fingerprint density at radius 2 is 1.56 bits per heavy atom. The smallest absolute Gasteiger partial charge is 0.350 e. The van der Waals surface area contributed by atoms with Gasteiger partial charge in [0, 0.05) is 5.56 Å². The first-order valence-corrected chi connectivity index (χ1v) is 16.5. The lowest BCUT2D eigenvalue weighted by atomic mass is 9.95. The Morgan fingerprint density at radius 3 is 2.26 bits per heavy atom. The largest absolute Gasteiger partial charge is 0.507 e. The lowest BCUT2D eigenvalue weighted by molar-refractivity contribution is -0.132. The van der Waals surface area contributed by atoms with Crippen molar-refractivity contribution in [1.29, 1.82) is 0 Å². The number of esters is 1. The van der Waals surface area contributed by atoms with Crippen LogP contribution in [0.1, 0.15) is 49.2 Å². The number of benzene rings is 4. The molecule has 1 saturated heterocycles. The summed E-state index contributed by atoms with van der Waals surface area (Å²) >= 11 is 0.919. The van der Waals surface area contributed by atoms with E-state index in [4.69, 9.17) is 18.9 Å². The van der Waals surface area contributed by atoms with Gasteiger partial charge in [-0.2, -0.15) is 0 Å². The summed E-state index contributed by atoms with van der Waals surface area (Å²) in [6.07, 6.45) is 0. The number of carbonyl (C=O) groups excluding carboxylic acids is 3. The third kappa shape index (κ3) is 6.94. The molecule has 1 aromatic heterocycles. The van der Waals surface area contributed by atoms with E-state index in [1.807, 2.05) is 61.5 Å². The molecule has 0 aliphatic carbocycles. The molecular formula is C39H34N2O8S. The van der Waals surface area contributed by atoms with Gasteiger partial charge in [-0.3, -0.25) is 14.5 Å². The third-order valence-electron chi connectivity index (χ3n) is 8.16. The molecule has 0 saturated carbocycles. The molecule has 1 N–H and O–H groups in total. The van der Waals surface area contributed by atoms with Crippen LogP contribution in [0.5, 0.6) is 17.2 Å². The number of hydrogen-bond acceptors (Lipinski definition) is 10. The maximum atomic E-state index is 13.8. The van der Waals surface area contributed by atoms with Crippen molar-refractivity contribution in [2.75, 3.05) is 19.1 Å². The van der Waals surface area contributed by atoms with Crippen molar-refractivity contribution in [2.24, 2.45) is 0 Å². The minimum absolute atomic E-state index is 0.0947. The molecule has 1 fully saturated rings. The van der Waals surface area contributed by atoms with Crippen LogP contribution in [-0.4, -0.2) is 42.0 Å². The van der Waals surface area contributed by atoms with Crippen molar-refractivity contribution in [3.63, 3.8) is 0 Å². The molecule has 0 bridgehead atoms. The summed E-state index contributed by atoms with van der Waals surface area (Å²) in [5, 5.41) is 11.8. The van der Waals surface area contributed by atoms with Crippen LogP contribution in [0.15, 0.2) is 103 Å². The number of carbonyl (C=O) groups is 3. The molecule has 254 valence electrons. The SMILES string of the molecule is COC(=O)c1sc(N2C(=O)C(=O)C(=C(O)c3ccc(OCc4cccc(C)c4)cc3)C2c2ccc(OCc3ccccc3)c(OC)c2)nc1C. The Labute approximate surface area is 293 Å². The summed E-state index contributed by atoms with van der Waals surface area (Å²) in [5.74, 6) is -1.48. The maximum Gasteiger partial charge on any atom is 0.350 e. The van der Waals surface area contributed by atoms with Gasteiger partial charge in [-0.15, -0.1) is 0 Å². The second kappa shape index (κ2) is 14.7. The van der Waals surface area contributed by atoms with Crippen molar-refractivity contribution < 1.29 is 38.4 Å². The van der Waals surface area contributed by atoms with Crippen LogP contribution in [0.3, 0.4) is 0 Å². The van der Waals surface area contributed by atoms with E-state index >= 15 is 0 Å². The Balaban J connectivity index is 1.38. The van der Waals surface area contributed by atoms with Gasteiger partial charge >= 0.3 is 11.9 Å². The number of nitrogens with zero attached hydrogens (tertiary/aromatic N) is 2. The summed E-state index contributed by atoms with van der Waals surface area (Å²) in [6.45, 7) is 4.26. The Morgan fingerprint density at radius 1 is 0.840 bits per heavy atom. The number of aryl methyl sites for hydroxylation is 2. The first kappa shape index (κ1) is 33.9. The lowest BCUT2D eigenvalue weighted by Crippen LogP contribution is -2.29. The number of aliphatic hydroxyl groups excluding tert-OH is 1. The standard InChI is InChI=1S/C39H34N2O8S/c1-23-9-8-12-26(19-23)22-48-29-16-13-27(14-17-29)34(42)32-33(41(37(44)35(32)43)39-40-24(2)36(50-39)38(45)47-4)28-15-18-30(31(20-28)46-3)49-21-25-10-6-5-7-11-25/h5-20,33,42H,21-22H2,1-4H3. The fourth-order valence-corrected chi connectivity index (χ4v) is 6.67. The lowest BCUT2D eigenvalue weighted by Gasteiger charge is -2.24. The zero-order valence-electron chi connectivity index (χ0n) is 27.8. The van der Waals surface area contributed by atoms with E-state index < -0.39 is 23.7 Å². The van der Waals surface area contributed by atoms with Crippen molar-refractivity contribution in [1.82, 2.24) is 4.98 Å². The number of thiazole rings is 1. The molecule has 50 heavy (non-hydrogen) atoms. The van der Waals surface area contributed by atoms with Crippen molar-refractivity contribution in [2.45, 2.75) is 33.1 Å². The molecular weight excluding hydrogens is 657 g/mol. The molecule has 1 aliphatic rings. The predicted octanol–water partition coefficient (Wildman–Crippen LogP) is 7.34. The number of ketones is 1. The monoisotopic (exact) mass is 690 g/mol. The van der Waals surface area contributed by atoms with E-state index in [1.54, 1.807) is 49.4 Å². The number of ether oxygens (including phenoxy) is 4. The van der Waals surface area contributed by atoms with E-state index in [0.717, 1.165) is 28.0 Å². The first-order chi connectivity index (χ1) is 24.2. The van der Waals surface area contributed by atoms with Gasteiger partial charge in [0.05, 0.1) is 31.5 Å². The molecule has 11 heteroatoms. The molecule has 1 atom stereocenters. The van der Waals surface area contributed by atoms with Crippen LogP contribution in [-0.2, 0) is 27.5 Å². The fraction of sp³-hybridized carbons (Fsp3) is 0.179. The van der Waals surface area contributed by atoms with E-state index in [0.29, 0.717) is 40.7 Å². The quantitative estimate of drug-likeness (QED) is 0.0656. The molecule has 1 amide bonds. The van der Waals surface area contributed by atoms with Crippen molar-refractivity contribution in [3.8, 4) is 17.2 Å².